The zero-order valence-corrected chi connectivity index (χ0v) is 15.0. The predicted molar refractivity (Wildman–Crippen MR) is 104 cm³/mol. The van der Waals surface area contributed by atoms with Gasteiger partial charge in [0.25, 0.3) is 0 Å². The van der Waals surface area contributed by atoms with Crippen molar-refractivity contribution in [2.45, 2.75) is 19.9 Å². The maximum Gasteiger partial charge on any atom is 0.142 e. The maximum atomic E-state index is 6.31. The van der Waals surface area contributed by atoms with Crippen LogP contribution in [0.4, 0.5) is 5.69 Å². The monoisotopic (exact) mass is 359 g/mol. The summed E-state index contributed by atoms with van der Waals surface area (Å²) in [6.45, 7) is 3.29. The second-order valence-corrected chi connectivity index (χ2v) is 6.45. The fraction of sp³-hybridized carbons (Fsp3) is 0.200. The van der Waals surface area contributed by atoms with E-state index < -0.39 is 0 Å². The summed E-state index contributed by atoms with van der Waals surface area (Å²) in [5.74, 6) is 0.704. The molecule has 0 radical (unpaired) electrons. The fourth-order valence-corrected chi connectivity index (χ4v) is 3.27. The van der Waals surface area contributed by atoms with Crippen molar-refractivity contribution in [3.05, 3.63) is 70.2 Å². The SMILES string of the molecule is CCCOc1c(Cl)cc(Cl)cc1CNc1cccc2ccccc12. The Kier molecular flexibility index (Phi) is 5.49. The van der Waals surface area contributed by atoms with Crippen molar-refractivity contribution in [1.82, 2.24) is 0 Å². The van der Waals surface area contributed by atoms with E-state index in [0.717, 1.165) is 17.7 Å². The Balaban J connectivity index is 1.88. The molecule has 0 saturated heterocycles. The summed E-state index contributed by atoms with van der Waals surface area (Å²) in [6, 6.07) is 18.1. The molecule has 0 fully saturated rings. The molecule has 124 valence electrons. The van der Waals surface area contributed by atoms with Gasteiger partial charge < -0.3 is 10.1 Å². The van der Waals surface area contributed by atoms with E-state index in [1.165, 1.54) is 10.8 Å². The fourth-order valence-electron chi connectivity index (χ4n) is 2.68. The summed E-state index contributed by atoms with van der Waals surface area (Å²) in [7, 11) is 0. The van der Waals surface area contributed by atoms with Crippen molar-refractivity contribution in [2.24, 2.45) is 0 Å². The molecule has 0 aliphatic heterocycles. The van der Waals surface area contributed by atoms with Crippen LogP contribution in [-0.4, -0.2) is 6.61 Å². The first-order valence-corrected chi connectivity index (χ1v) is 8.77. The number of halogens is 2. The van der Waals surface area contributed by atoms with Gasteiger partial charge in [-0.25, -0.2) is 0 Å². The Bertz CT molecular complexity index is 843. The van der Waals surface area contributed by atoms with Gasteiger partial charge in [0.15, 0.2) is 0 Å². The van der Waals surface area contributed by atoms with Gasteiger partial charge in [-0.1, -0.05) is 66.5 Å². The van der Waals surface area contributed by atoms with E-state index in [0.29, 0.717) is 28.9 Å². The molecule has 4 heteroatoms. The number of anilines is 1. The van der Waals surface area contributed by atoms with E-state index in [9.17, 15) is 0 Å². The maximum absolute atomic E-state index is 6.31. The van der Waals surface area contributed by atoms with Gasteiger partial charge in [0.1, 0.15) is 5.75 Å². The Hall–Kier alpha value is -1.90. The normalized spacial score (nSPS) is 10.8. The van der Waals surface area contributed by atoms with E-state index in [4.69, 9.17) is 27.9 Å². The lowest BCUT2D eigenvalue weighted by molar-refractivity contribution is 0.314. The standard InChI is InChI=1S/C20H19Cl2NO/c1-2-10-24-20-15(11-16(21)12-18(20)22)13-23-19-9-5-7-14-6-3-4-8-17(14)19/h3-9,11-12,23H,2,10,13H2,1H3. The first kappa shape index (κ1) is 16.9. The summed E-state index contributed by atoms with van der Waals surface area (Å²) in [5.41, 5.74) is 2.03. The first-order valence-electron chi connectivity index (χ1n) is 8.01. The molecule has 0 aliphatic carbocycles. The van der Waals surface area contributed by atoms with E-state index in [2.05, 4.69) is 36.5 Å². The van der Waals surface area contributed by atoms with Crippen LogP contribution in [0.2, 0.25) is 10.0 Å². The summed E-state index contributed by atoms with van der Waals surface area (Å²) >= 11 is 12.5. The molecule has 0 aliphatic rings. The van der Waals surface area contributed by atoms with Crippen molar-refractivity contribution < 1.29 is 4.74 Å². The molecule has 0 spiro atoms. The van der Waals surface area contributed by atoms with Crippen LogP contribution in [0.1, 0.15) is 18.9 Å². The Morgan fingerprint density at radius 1 is 1.00 bits per heavy atom. The van der Waals surface area contributed by atoms with Crippen molar-refractivity contribution >= 4 is 39.7 Å². The van der Waals surface area contributed by atoms with Crippen LogP contribution in [0.25, 0.3) is 10.8 Å². The van der Waals surface area contributed by atoms with Crippen LogP contribution in [-0.2, 0) is 6.54 Å². The zero-order valence-electron chi connectivity index (χ0n) is 13.5. The molecule has 3 aromatic carbocycles. The third-order valence-electron chi connectivity index (χ3n) is 3.79. The quantitative estimate of drug-likeness (QED) is 0.538. The number of nitrogens with one attached hydrogen (secondary N) is 1. The Labute approximate surface area is 152 Å². The molecule has 0 amide bonds. The highest BCUT2D eigenvalue weighted by atomic mass is 35.5. The average Bonchev–Trinajstić information content (AvgIpc) is 2.59. The number of rotatable bonds is 6. The van der Waals surface area contributed by atoms with Crippen LogP contribution in [0.3, 0.4) is 0 Å². The van der Waals surface area contributed by atoms with Crippen LogP contribution in [0.5, 0.6) is 5.75 Å². The second-order valence-electron chi connectivity index (χ2n) is 5.60. The number of hydrogen-bond donors (Lipinski definition) is 1. The molecule has 3 aromatic rings. The first-order chi connectivity index (χ1) is 11.7. The third kappa shape index (κ3) is 3.77. The molecular formula is C20H19Cl2NO. The van der Waals surface area contributed by atoms with Gasteiger partial charge in [-0.2, -0.15) is 0 Å². The molecule has 0 unspecified atom stereocenters. The minimum atomic E-state index is 0.547. The molecule has 0 bridgehead atoms. The summed E-state index contributed by atoms with van der Waals surface area (Å²) in [6.07, 6.45) is 0.926. The smallest absolute Gasteiger partial charge is 0.142 e. The highest BCUT2D eigenvalue weighted by Crippen LogP contribution is 2.33. The Morgan fingerprint density at radius 2 is 1.79 bits per heavy atom. The number of hydrogen-bond acceptors (Lipinski definition) is 2. The van der Waals surface area contributed by atoms with Crippen molar-refractivity contribution in [3.63, 3.8) is 0 Å². The molecule has 1 N–H and O–H groups in total. The van der Waals surface area contributed by atoms with E-state index >= 15 is 0 Å². The number of fused-ring (bicyclic) bond motifs is 1. The van der Waals surface area contributed by atoms with Crippen molar-refractivity contribution in [2.75, 3.05) is 11.9 Å². The largest absolute Gasteiger partial charge is 0.492 e. The molecule has 0 saturated carbocycles. The molecule has 2 nitrogen and oxygen atoms in total. The Morgan fingerprint density at radius 3 is 2.62 bits per heavy atom. The topological polar surface area (TPSA) is 21.3 Å². The van der Waals surface area contributed by atoms with Gasteiger partial charge in [-0.05, 0) is 30.0 Å². The minimum absolute atomic E-state index is 0.547. The van der Waals surface area contributed by atoms with Crippen molar-refractivity contribution in [1.29, 1.82) is 0 Å². The zero-order chi connectivity index (χ0) is 16.9. The highest BCUT2D eigenvalue weighted by molar-refractivity contribution is 6.35. The molecule has 3 rings (SSSR count). The molecule has 0 heterocycles. The van der Waals surface area contributed by atoms with Gasteiger partial charge in [0.2, 0.25) is 0 Å². The van der Waals surface area contributed by atoms with Gasteiger partial charge >= 0.3 is 0 Å². The van der Waals surface area contributed by atoms with Gasteiger partial charge in [-0.3, -0.25) is 0 Å². The van der Waals surface area contributed by atoms with Crippen LogP contribution in [0, 0.1) is 0 Å². The average molecular weight is 360 g/mol. The van der Waals surface area contributed by atoms with E-state index in [1.807, 2.05) is 24.3 Å². The van der Waals surface area contributed by atoms with Crippen LogP contribution in [0.15, 0.2) is 54.6 Å². The molecule has 24 heavy (non-hydrogen) atoms. The van der Waals surface area contributed by atoms with Crippen molar-refractivity contribution in [3.8, 4) is 5.75 Å². The molecular weight excluding hydrogens is 341 g/mol. The number of benzene rings is 3. The molecule has 0 aromatic heterocycles. The van der Waals surface area contributed by atoms with Crippen LogP contribution >= 0.6 is 23.2 Å². The highest BCUT2D eigenvalue weighted by Gasteiger charge is 2.11. The second kappa shape index (κ2) is 7.78. The van der Waals surface area contributed by atoms with E-state index in [1.54, 1.807) is 6.07 Å². The van der Waals surface area contributed by atoms with Gasteiger partial charge in [-0.15, -0.1) is 0 Å². The summed E-state index contributed by atoms with van der Waals surface area (Å²) < 4.78 is 5.82. The lowest BCUT2D eigenvalue weighted by Gasteiger charge is -2.15. The van der Waals surface area contributed by atoms with Gasteiger partial charge in [0.05, 0.1) is 11.6 Å². The molecule has 0 atom stereocenters. The lowest BCUT2D eigenvalue weighted by atomic mass is 10.1. The van der Waals surface area contributed by atoms with Gasteiger partial charge in [0, 0.05) is 28.2 Å². The minimum Gasteiger partial charge on any atom is -0.492 e. The number of ether oxygens (including phenoxy) is 1. The third-order valence-corrected chi connectivity index (χ3v) is 4.29. The van der Waals surface area contributed by atoms with Crippen LogP contribution < -0.4 is 10.1 Å². The summed E-state index contributed by atoms with van der Waals surface area (Å²) in [5, 5.41) is 7.02. The lowest BCUT2D eigenvalue weighted by Crippen LogP contribution is -2.05. The predicted octanol–water partition coefficient (Wildman–Crippen LogP) is 6.55. The summed E-state index contributed by atoms with van der Waals surface area (Å²) in [4.78, 5) is 0. The van der Waals surface area contributed by atoms with E-state index in [-0.39, 0.29) is 0 Å².